The second-order valence-corrected chi connectivity index (χ2v) is 10.5. The molecule has 0 radical (unpaired) electrons. The molecule has 3 heterocycles. The first-order valence-electron chi connectivity index (χ1n) is 14.5. The van der Waals surface area contributed by atoms with Gasteiger partial charge in [0.1, 0.15) is 11.6 Å². The quantitative estimate of drug-likeness (QED) is 0.108. The summed E-state index contributed by atoms with van der Waals surface area (Å²) in [6.45, 7) is 8.32. The molecule has 1 unspecified atom stereocenters. The van der Waals surface area contributed by atoms with Crippen LogP contribution >= 0.6 is 0 Å². The number of methoxy groups -OCH3 is 1. The molecule has 2 saturated heterocycles. The molecule has 0 aromatic rings. The molecular weight excluding hydrogens is 516 g/mol. The van der Waals surface area contributed by atoms with Crippen LogP contribution in [0.5, 0.6) is 0 Å². The lowest BCUT2D eigenvalue weighted by Crippen LogP contribution is -2.46. The minimum Gasteiger partial charge on any atom is -0.495 e. The van der Waals surface area contributed by atoms with Crippen molar-refractivity contribution in [2.24, 2.45) is 4.99 Å². The van der Waals surface area contributed by atoms with Crippen molar-refractivity contribution in [1.82, 2.24) is 31.1 Å². The van der Waals surface area contributed by atoms with Crippen LogP contribution in [0, 0.1) is 5.41 Å². The lowest BCUT2D eigenvalue weighted by molar-refractivity contribution is -0.108. The molecule has 5 N–H and O–H groups in total. The lowest BCUT2D eigenvalue weighted by atomic mass is 9.99. The number of carbonyl (C=O) groups is 1. The molecular formula is C31H44N8O2. The van der Waals surface area contributed by atoms with E-state index in [2.05, 4.69) is 48.7 Å². The fraction of sp³-hybridized carbons (Fsp3) is 0.452. The largest absolute Gasteiger partial charge is 0.495 e. The Labute approximate surface area is 243 Å². The summed E-state index contributed by atoms with van der Waals surface area (Å²) in [6, 6.07) is 0.442. The van der Waals surface area contributed by atoms with Gasteiger partial charge in [-0.25, -0.2) is 0 Å². The fourth-order valence-electron chi connectivity index (χ4n) is 5.72. The van der Waals surface area contributed by atoms with Crippen LogP contribution in [0.1, 0.15) is 38.5 Å². The van der Waals surface area contributed by atoms with Crippen LogP contribution < -0.4 is 21.3 Å². The second kappa shape index (κ2) is 15.1. The molecule has 220 valence electrons. The predicted octanol–water partition coefficient (Wildman–Crippen LogP) is 3.01. The standard InChI is InChI=1S/C31H44N8O2/c1-23(37-22-40)30(39-14-10-26(11-15-39)38-12-5-4-6-13-38)17-27(41-3)20-34-31-18-29(35-21-36-31)24-8-7-9-25(19-32)28(16-24)33-2/h8-9,16-22,26,29,32-34H,1,4-7,10-15H2,2-3H3,(H,35,36)(H,37,40)/b27-20-,30-17+,32-19?. The van der Waals surface area contributed by atoms with E-state index in [1.54, 1.807) is 19.6 Å². The van der Waals surface area contributed by atoms with E-state index in [0.717, 1.165) is 60.7 Å². The summed E-state index contributed by atoms with van der Waals surface area (Å²) < 4.78 is 5.70. The van der Waals surface area contributed by atoms with Crippen LogP contribution in [-0.2, 0) is 9.53 Å². The first-order valence-corrected chi connectivity index (χ1v) is 14.5. The smallest absolute Gasteiger partial charge is 0.211 e. The molecule has 10 heteroatoms. The Balaban J connectivity index is 1.46. The summed E-state index contributed by atoms with van der Waals surface area (Å²) >= 11 is 0. The van der Waals surface area contributed by atoms with Crippen molar-refractivity contribution in [3.05, 3.63) is 83.0 Å². The van der Waals surface area contributed by atoms with E-state index in [-0.39, 0.29) is 6.04 Å². The number of carbonyl (C=O) groups excluding carboxylic acids is 1. The molecule has 0 aromatic carbocycles. The van der Waals surface area contributed by atoms with Crippen LogP contribution in [0.3, 0.4) is 0 Å². The van der Waals surface area contributed by atoms with Gasteiger partial charge in [-0.15, -0.1) is 0 Å². The van der Waals surface area contributed by atoms with Crippen LogP contribution in [0.4, 0.5) is 0 Å². The Bertz CT molecular complexity index is 1180. The third kappa shape index (κ3) is 8.00. The maximum absolute atomic E-state index is 11.3. The van der Waals surface area contributed by atoms with E-state index < -0.39 is 0 Å². The molecule has 4 rings (SSSR count). The summed E-state index contributed by atoms with van der Waals surface area (Å²) in [6.07, 6.45) is 22.5. The number of nitrogens with one attached hydrogen (secondary N) is 5. The van der Waals surface area contributed by atoms with Gasteiger partial charge in [0.15, 0.2) is 0 Å². The molecule has 2 fully saturated rings. The Morgan fingerprint density at radius 2 is 1.98 bits per heavy atom. The van der Waals surface area contributed by atoms with Gasteiger partial charge in [-0.2, -0.15) is 0 Å². The molecule has 10 nitrogen and oxygen atoms in total. The van der Waals surface area contributed by atoms with Gasteiger partial charge in [-0.05, 0) is 62.9 Å². The maximum Gasteiger partial charge on any atom is 0.211 e. The summed E-state index contributed by atoms with van der Waals surface area (Å²) in [5.41, 5.74) is 4.19. The number of hydrogen-bond donors (Lipinski definition) is 5. The lowest BCUT2D eigenvalue weighted by Gasteiger charge is -2.41. The van der Waals surface area contributed by atoms with Crippen molar-refractivity contribution < 1.29 is 9.53 Å². The predicted molar refractivity (Wildman–Crippen MR) is 165 cm³/mol. The summed E-state index contributed by atoms with van der Waals surface area (Å²) in [4.78, 5) is 20.8. The highest BCUT2D eigenvalue weighted by molar-refractivity contribution is 5.82. The number of nitrogens with zero attached hydrogens (tertiary/aromatic N) is 3. The number of allylic oxidation sites excluding steroid dienone is 4. The third-order valence-corrected chi connectivity index (χ3v) is 8.00. The molecule has 1 atom stereocenters. The van der Waals surface area contributed by atoms with Crippen molar-refractivity contribution in [1.29, 1.82) is 5.41 Å². The van der Waals surface area contributed by atoms with Crippen molar-refractivity contribution >= 4 is 19.0 Å². The van der Waals surface area contributed by atoms with E-state index in [4.69, 9.17) is 10.1 Å². The second-order valence-electron chi connectivity index (χ2n) is 10.5. The van der Waals surface area contributed by atoms with Gasteiger partial charge in [-0.1, -0.05) is 25.2 Å². The zero-order valence-corrected chi connectivity index (χ0v) is 24.3. The number of amides is 1. The number of likely N-dealkylation sites (tertiary alicyclic amines) is 2. The van der Waals surface area contributed by atoms with Gasteiger partial charge in [0, 0.05) is 55.9 Å². The molecule has 4 aliphatic rings. The van der Waals surface area contributed by atoms with E-state index in [9.17, 15) is 4.79 Å². The third-order valence-electron chi connectivity index (χ3n) is 8.00. The molecule has 0 bridgehead atoms. The van der Waals surface area contributed by atoms with Crippen LogP contribution in [0.25, 0.3) is 0 Å². The number of piperidine rings is 2. The number of likely N-dealkylation sites (N-methyl/N-ethyl adjacent to an activating group) is 1. The molecule has 0 aromatic heterocycles. The van der Waals surface area contributed by atoms with Gasteiger partial charge < -0.3 is 41.2 Å². The zero-order valence-electron chi connectivity index (χ0n) is 24.3. The number of ether oxygens (including phenoxy) is 1. The Morgan fingerprint density at radius 1 is 1.20 bits per heavy atom. The normalized spacial score (nSPS) is 22.7. The molecule has 1 amide bonds. The summed E-state index contributed by atoms with van der Waals surface area (Å²) in [7, 11) is 3.48. The summed E-state index contributed by atoms with van der Waals surface area (Å²) in [5, 5.41) is 20.1. The maximum atomic E-state index is 11.3. The van der Waals surface area contributed by atoms with Gasteiger partial charge in [-0.3, -0.25) is 9.79 Å². The molecule has 41 heavy (non-hydrogen) atoms. The first-order chi connectivity index (χ1) is 20.1. The van der Waals surface area contributed by atoms with Crippen LogP contribution in [-0.4, -0.2) is 81.2 Å². The van der Waals surface area contributed by atoms with Crippen LogP contribution in [0.15, 0.2) is 88.0 Å². The number of hydrogen-bond acceptors (Lipinski definition) is 9. The van der Waals surface area contributed by atoms with Gasteiger partial charge in [0.25, 0.3) is 0 Å². The molecule has 1 aliphatic carbocycles. The van der Waals surface area contributed by atoms with Crippen LogP contribution in [0.2, 0.25) is 0 Å². The topological polar surface area (TPSA) is 117 Å². The average Bonchev–Trinajstić information content (AvgIpc) is 3.24. The van der Waals surface area contributed by atoms with Gasteiger partial charge >= 0.3 is 0 Å². The molecule has 3 aliphatic heterocycles. The van der Waals surface area contributed by atoms with E-state index >= 15 is 0 Å². The average molecular weight is 561 g/mol. The Morgan fingerprint density at radius 3 is 2.66 bits per heavy atom. The van der Waals surface area contributed by atoms with Gasteiger partial charge in [0.05, 0.1) is 30.9 Å². The minimum atomic E-state index is -0.177. The number of rotatable bonds is 12. The first kappa shape index (κ1) is 29.9. The Hall–Kier alpha value is -4.05. The highest BCUT2D eigenvalue weighted by atomic mass is 16.5. The minimum absolute atomic E-state index is 0.177. The number of aliphatic imine (C=N–C) groups is 1. The Kier molecular flexibility index (Phi) is 11.0. The molecule has 0 spiro atoms. The highest BCUT2D eigenvalue weighted by Crippen LogP contribution is 2.26. The molecule has 0 saturated carbocycles. The zero-order chi connectivity index (χ0) is 29.0. The fourth-order valence-corrected chi connectivity index (χ4v) is 5.72. The highest BCUT2D eigenvalue weighted by Gasteiger charge is 2.27. The van der Waals surface area contributed by atoms with E-state index in [1.165, 1.54) is 38.6 Å². The van der Waals surface area contributed by atoms with E-state index in [1.807, 2.05) is 31.4 Å². The monoisotopic (exact) mass is 560 g/mol. The van der Waals surface area contributed by atoms with Crippen molar-refractivity contribution in [3.63, 3.8) is 0 Å². The summed E-state index contributed by atoms with van der Waals surface area (Å²) in [5.74, 6) is 1.37. The van der Waals surface area contributed by atoms with Gasteiger partial charge in [0.2, 0.25) is 6.41 Å². The van der Waals surface area contributed by atoms with Crippen molar-refractivity contribution in [2.75, 3.05) is 40.3 Å². The van der Waals surface area contributed by atoms with E-state index in [0.29, 0.717) is 23.9 Å². The SMILES string of the molecule is C=C(NC=O)/C(=C\C(=C\NC1=CC(C2=CCC=C(C=N)C(NC)=C2)N=CN1)OC)N1CCC(N2CCCCC2)CC1. The van der Waals surface area contributed by atoms with Crippen molar-refractivity contribution in [3.8, 4) is 0 Å². The van der Waals surface area contributed by atoms with Crippen molar-refractivity contribution in [2.45, 2.75) is 50.6 Å².